The first-order valence-electron chi connectivity index (χ1n) is 7.80. The smallest absolute Gasteiger partial charge is 0.217 e. The van der Waals surface area contributed by atoms with Crippen LogP contribution in [0, 0.1) is 5.92 Å². The van der Waals surface area contributed by atoms with E-state index >= 15 is 0 Å². The molecule has 0 aromatic heterocycles. The van der Waals surface area contributed by atoms with Crippen LogP contribution in [0.4, 0.5) is 0 Å². The predicted molar refractivity (Wildman–Crippen MR) is 75.6 cm³/mol. The molecule has 1 unspecified atom stereocenters. The van der Waals surface area contributed by atoms with Gasteiger partial charge in [-0.15, -0.1) is 0 Å². The molecule has 2 aliphatic rings. The first-order chi connectivity index (χ1) is 9.07. The Hall–Kier alpha value is -0.610. The van der Waals surface area contributed by atoms with Crippen molar-refractivity contribution in [3.8, 4) is 0 Å². The summed E-state index contributed by atoms with van der Waals surface area (Å²) in [5.41, 5.74) is 4.77. The Morgan fingerprint density at radius 1 is 1.26 bits per heavy atom. The Bertz CT molecular complexity index is 301. The van der Waals surface area contributed by atoms with Crippen LogP contribution in [-0.4, -0.2) is 41.1 Å². The minimum atomic E-state index is -0.455. The third-order valence-corrected chi connectivity index (χ3v) is 4.70. The molecule has 0 radical (unpaired) electrons. The van der Waals surface area contributed by atoms with Crippen LogP contribution in [0.15, 0.2) is 0 Å². The highest BCUT2D eigenvalue weighted by molar-refractivity contribution is 5.73. The van der Waals surface area contributed by atoms with E-state index in [4.69, 9.17) is 5.73 Å². The molecule has 0 aromatic carbocycles. The summed E-state index contributed by atoms with van der Waals surface area (Å²) in [5.74, 6) is 0.386. The minimum absolute atomic E-state index is 0.192. The molecule has 0 aromatic rings. The SMILES string of the molecule is NC(=O)CCC1CCCN(CC2(O)CCCCC2)C1. The average molecular weight is 268 g/mol. The zero-order valence-electron chi connectivity index (χ0n) is 11.9. The number of β-amino-alcohol motifs (C(OH)–C–C–N with tert-alkyl or cyclic N) is 1. The maximum absolute atomic E-state index is 10.9. The molecule has 1 aliphatic heterocycles. The molecule has 1 amide bonds. The van der Waals surface area contributed by atoms with Crippen molar-refractivity contribution >= 4 is 5.91 Å². The maximum atomic E-state index is 10.9. The second-order valence-electron chi connectivity index (χ2n) is 6.53. The Morgan fingerprint density at radius 3 is 2.68 bits per heavy atom. The zero-order valence-corrected chi connectivity index (χ0v) is 11.9. The van der Waals surface area contributed by atoms with E-state index in [0.29, 0.717) is 12.3 Å². The number of piperidine rings is 1. The number of carbonyl (C=O) groups is 1. The zero-order chi connectivity index (χ0) is 13.7. The van der Waals surface area contributed by atoms with Gasteiger partial charge in [-0.2, -0.15) is 0 Å². The standard InChI is InChI=1S/C15H28N2O2/c16-14(18)7-6-13-5-4-10-17(11-13)12-15(19)8-2-1-3-9-15/h13,19H,1-12H2,(H2,16,18). The fourth-order valence-electron chi connectivity index (χ4n) is 3.66. The van der Waals surface area contributed by atoms with Crippen molar-refractivity contribution in [3.63, 3.8) is 0 Å². The van der Waals surface area contributed by atoms with Gasteiger partial charge in [0, 0.05) is 19.5 Å². The van der Waals surface area contributed by atoms with Gasteiger partial charge in [-0.3, -0.25) is 4.79 Å². The summed E-state index contributed by atoms with van der Waals surface area (Å²) < 4.78 is 0. The molecule has 4 heteroatoms. The lowest BCUT2D eigenvalue weighted by Gasteiger charge is -2.40. The topological polar surface area (TPSA) is 66.6 Å². The van der Waals surface area contributed by atoms with Gasteiger partial charge in [0.05, 0.1) is 5.60 Å². The fourth-order valence-corrected chi connectivity index (χ4v) is 3.66. The highest BCUT2D eigenvalue weighted by atomic mass is 16.3. The third-order valence-electron chi connectivity index (χ3n) is 4.70. The molecule has 1 saturated heterocycles. The molecule has 19 heavy (non-hydrogen) atoms. The van der Waals surface area contributed by atoms with Crippen LogP contribution in [0.1, 0.15) is 57.8 Å². The Balaban J connectivity index is 1.78. The van der Waals surface area contributed by atoms with Crippen LogP contribution in [0.25, 0.3) is 0 Å². The molecule has 2 rings (SSSR count). The average Bonchev–Trinajstić information content (AvgIpc) is 2.37. The van der Waals surface area contributed by atoms with Crippen molar-refractivity contribution in [2.45, 2.75) is 63.4 Å². The first kappa shape index (κ1) is 14.8. The Morgan fingerprint density at radius 2 is 2.00 bits per heavy atom. The van der Waals surface area contributed by atoms with E-state index in [0.717, 1.165) is 51.7 Å². The molecule has 2 fully saturated rings. The number of hydrogen-bond acceptors (Lipinski definition) is 3. The van der Waals surface area contributed by atoms with E-state index in [1.165, 1.54) is 19.3 Å². The molecular formula is C15H28N2O2. The molecular weight excluding hydrogens is 240 g/mol. The van der Waals surface area contributed by atoms with Crippen molar-refractivity contribution in [2.24, 2.45) is 11.7 Å². The monoisotopic (exact) mass is 268 g/mol. The van der Waals surface area contributed by atoms with Crippen molar-refractivity contribution < 1.29 is 9.90 Å². The lowest BCUT2D eigenvalue weighted by atomic mass is 9.83. The van der Waals surface area contributed by atoms with E-state index < -0.39 is 5.60 Å². The Kier molecular flexibility index (Phi) is 5.22. The molecule has 3 N–H and O–H groups in total. The number of amides is 1. The first-order valence-corrected chi connectivity index (χ1v) is 7.80. The molecule has 0 bridgehead atoms. The van der Waals surface area contributed by atoms with Crippen LogP contribution in [0.5, 0.6) is 0 Å². The fraction of sp³-hybridized carbons (Fsp3) is 0.933. The highest BCUT2D eigenvalue weighted by Gasteiger charge is 2.32. The Labute approximate surface area is 116 Å². The summed E-state index contributed by atoms with van der Waals surface area (Å²) in [4.78, 5) is 13.3. The van der Waals surface area contributed by atoms with Gasteiger partial charge in [-0.05, 0) is 44.6 Å². The van der Waals surface area contributed by atoms with Gasteiger partial charge in [0.1, 0.15) is 0 Å². The van der Waals surface area contributed by atoms with Gasteiger partial charge in [0.2, 0.25) is 5.91 Å². The number of nitrogens with zero attached hydrogens (tertiary/aromatic N) is 1. The van der Waals surface area contributed by atoms with E-state index in [9.17, 15) is 9.90 Å². The lowest BCUT2D eigenvalue weighted by Crippen LogP contribution is -2.47. The van der Waals surface area contributed by atoms with Gasteiger partial charge in [-0.1, -0.05) is 19.3 Å². The molecule has 1 saturated carbocycles. The molecule has 4 nitrogen and oxygen atoms in total. The van der Waals surface area contributed by atoms with Gasteiger partial charge in [0.25, 0.3) is 0 Å². The van der Waals surface area contributed by atoms with E-state index in [1.807, 2.05) is 0 Å². The van der Waals surface area contributed by atoms with Crippen LogP contribution in [-0.2, 0) is 4.79 Å². The summed E-state index contributed by atoms with van der Waals surface area (Å²) in [6.07, 6.45) is 9.29. The van der Waals surface area contributed by atoms with Gasteiger partial charge < -0.3 is 15.7 Å². The summed E-state index contributed by atoms with van der Waals surface area (Å²) in [6, 6.07) is 0. The third kappa shape index (κ3) is 4.77. The second kappa shape index (κ2) is 6.71. The predicted octanol–water partition coefficient (Wildman–Crippen LogP) is 1.66. The number of nitrogens with two attached hydrogens (primary N) is 1. The minimum Gasteiger partial charge on any atom is -0.389 e. The molecule has 110 valence electrons. The normalized spacial score (nSPS) is 28.2. The van der Waals surface area contributed by atoms with Crippen LogP contribution in [0.3, 0.4) is 0 Å². The lowest BCUT2D eigenvalue weighted by molar-refractivity contribution is -0.118. The van der Waals surface area contributed by atoms with Crippen LogP contribution < -0.4 is 5.73 Å². The maximum Gasteiger partial charge on any atom is 0.217 e. The number of rotatable bonds is 5. The van der Waals surface area contributed by atoms with E-state index in [1.54, 1.807) is 0 Å². The molecule has 1 atom stereocenters. The van der Waals surface area contributed by atoms with Gasteiger partial charge in [-0.25, -0.2) is 0 Å². The van der Waals surface area contributed by atoms with Crippen molar-refractivity contribution in [3.05, 3.63) is 0 Å². The summed E-state index contributed by atoms with van der Waals surface area (Å²) in [7, 11) is 0. The summed E-state index contributed by atoms with van der Waals surface area (Å²) >= 11 is 0. The highest BCUT2D eigenvalue weighted by Crippen LogP contribution is 2.30. The molecule has 0 spiro atoms. The van der Waals surface area contributed by atoms with Crippen LogP contribution in [0.2, 0.25) is 0 Å². The number of hydrogen-bond donors (Lipinski definition) is 2. The second-order valence-corrected chi connectivity index (χ2v) is 6.53. The summed E-state index contributed by atoms with van der Waals surface area (Å²) in [6.45, 7) is 2.94. The number of likely N-dealkylation sites (tertiary alicyclic amines) is 1. The summed E-state index contributed by atoms with van der Waals surface area (Å²) in [5, 5.41) is 10.6. The van der Waals surface area contributed by atoms with Crippen LogP contribution >= 0.6 is 0 Å². The van der Waals surface area contributed by atoms with Crippen molar-refractivity contribution in [1.82, 2.24) is 4.90 Å². The number of primary amides is 1. The van der Waals surface area contributed by atoms with Crippen molar-refractivity contribution in [2.75, 3.05) is 19.6 Å². The quantitative estimate of drug-likeness (QED) is 0.797. The van der Waals surface area contributed by atoms with Gasteiger partial charge >= 0.3 is 0 Å². The van der Waals surface area contributed by atoms with Crippen molar-refractivity contribution in [1.29, 1.82) is 0 Å². The molecule has 1 heterocycles. The largest absolute Gasteiger partial charge is 0.389 e. The number of carbonyl (C=O) groups excluding carboxylic acids is 1. The molecule has 1 aliphatic carbocycles. The van der Waals surface area contributed by atoms with Gasteiger partial charge in [0.15, 0.2) is 0 Å². The number of aliphatic hydroxyl groups is 1. The van der Waals surface area contributed by atoms with E-state index in [2.05, 4.69) is 4.90 Å². The van der Waals surface area contributed by atoms with E-state index in [-0.39, 0.29) is 5.91 Å².